The summed E-state index contributed by atoms with van der Waals surface area (Å²) in [5, 5.41) is 4.08. The second-order valence-electron chi connectivity index (χ2n) is 4.57. The average Bonchev–Trinajstić information content (AvgIpc) is 2.52. The van der Waals surface area contributed by atoms with E-state index in [1.807, 2.05) is 13.2 Å². The molecule has 1 fully saturated rings. The Morgan fingerprint density at radius 1 is 1.43 bits per heavy atom. The van der Waals surface area contributed by atoms with Crippen LogP contribution in [0.25, 0.3) is 0 Å². The van der Waals surface area contributed by atoms with Crippen molar-refractivity contribution in [2.24, 2.45) is 12.5 Å². The summed E-state index contributed by atoms with van der Waals surface area (Å²) in [6.45, 7) is 5.72. The third kappa shape index (κ3) is 1.99. The highest BCUT2D eigenvalue weighted by atomic mass is 16.6. The fraction of sp³-hybridized carbons (Fsp3) is 0.667. The molecule has 0 N–H and O–H groups in total. The molecule has 0 saturated carbocycles. The summed E-state index contributed by atoms with van der Waals surface area (Å²) in [7, 11) is 1.65. The molecule has 1 aliphatic rings. The van der Waals surface area contributed by atoms with Crippen LogP contribution in [0.1, 0.15) is 13.8 Å². The van der Waals surface area contributed by atoms with Crippen molar-refractivity contribution in [3.63, 3.8) is 0 Å². The van der Waals surface area contributed by atoms with Crippen LogP contribution in [0.3, 0.4) is 0 Å². The number of nitrogens with zero attached hydrogens (tertiary/aromatic N) is 2. The SMILES string of the molecule is Cn1cc(B2OCC(C)(C)CO2)cn1. The zero-order valence-electron chi connectivity index (χ0n) is 8.86. The number of aromatic nitrogens is 2. The van der Waals surface area contributed by atoms with E-state index in [-0.39, 0.29) is 12.5 Å². The topological polar surface area (TPSA) is 36.3 Å². The van der Waals surface area contributed by atoms with Gasteiger partial charge in [0.25, 0.3) is 0 Å². The van der Waals surface area contributed by atoms with Crippen molar-refractivity contribution in [3.05, 3.63) is 12.4 Å². The Morgan fingerprint density at radius 3 is 2.57 bits per heavy atom. The minimum atomic E-state index is -0.239. The molecule has 0 spiro atoms. The predicted molar refractivity (Wildman–Crippen MR) is 54.3 cm³/mol. The molecule has 76 valence electrons. The summed E-state index contributed by atoms with van der Waals surface area (Å²) in [4.78, 5) is 0. The molecule has 1 aromatic heterocycles. The highest BCUT2D eigenvalue weighted by molar-refractivity contribution is 6.61. The summed E-state index contributed by atoms with van der Waals surface area (Å²) in [5.74, 6) is 0. The van der Waals surface area contributed by atoms with Crippen LogP contribution in [0.15, 0.2) is 12.4 Å². The molecular formula is C9H15BN2O2. The quantitative estimate of drug-likeness (QED) is 0.598. The van der Waals surface area contributed by atoms with E-state index in [0.29, 0.717) is 0 Å². The van der Waals surface area contributed by atoms with E-state index in [4.69, 9.17) is 9.31 Å². The third-order valence-electron chi connectivity index (χ3n) is 2.25. The van der Waals surface area contributed by atoms with Crippen molar-refractivity contribution in [2.45, 2.75) is 13.8 Å². The highest BCUT2D eigenvalue weighted by Gasteiger charge is 2.33. The van der Waals surface area contributed by atoms with Gasteiger partial charge in [-0.25, -0.2) is 0 Å². The van der Waals surface area contributed by atoms with E-state index in [1.54, 1.807) is 10.9 Å². The lowest BCUT2D eigenvalue weighted by Crippen LogP contribution is -2.47. The molecule has 5 heteroatoms. The van der Waals surface area contributed by atoms with Gasteiger partial charge in [-0.3, -0.25) is 4.68 Å². The van der Waals surface area contributed by atoms with Gasteiger partial charge in [-0.2, -0.15) is 5.10 Å². The maximum atomic E-state index is 5.62. The second kappa shape index (κ2) is 3.40. The molecule has 0 atom stereocenters. The van der Waals surface area contributed by atoms with Gasteiger partial charge in [0.1, 0.15) is 0 Å². The Labute approximate surface area is 84.3 Å². The van der Waals surface area contributed by atoms with Crippen LogP contribution in [0.4, 0.5) is 0 Å². The summed E-state index contributed by atoms with van der Waals surface area (Å²) >= 11 is 0. The van der Waals surface area contributed by atoms with Gasteiger partial charge in [-0.05, 0) is 0 Å². The smallest absolute Gasteiger partial charge is 0.407 e. The first-order valence-corrected chi connectivity index (χ1v) is 4.79. The van der Waals surface area contributed by atoms with E-state index in [0.717, 1.165) is 18.7 Å². The molecule has 0 unspecified atom stereocenters. The molecule has 2 heterocycles. The van der Waals surface area contributed by atoms with Gasteiger partial charge in [0, 0.05) is 43.5 Å². The molecule has 0 amide bonds. The summed E-state index contributed by atoms with van der Waals surface area (Å²) < 4.78 is 13.0. The van der Waals surface area contributed by atoms with E-state index < -0.39 is 0 Å². The Kier molecular flexibility index (Phi) is 2.37. The third-order valence-corrected chi connectivity index (χ3v) is 2.25. The molecule has 1 aromatic rings. The van der Waals surface area contributed by atoms with E-state index >= 15 is 0 Å². The first-order valence-electron chi connectivity index (χ1n) is 4.79. The number of rotatable bonds is 1. The van der Waals surface area contributed by atoms with Crippen LogP contribution in [-0.4, -0.2) is 30.1 Å². The largest absolute Gasteiger partial charge is 0.497 e. The van der Waals surface area contributed by atoms with Crippen LogP contribution in [0.5, 0.6) is 0 Å². The van der Waals surface area contributed by atoms with E-state index in [1.165, 1.54) is 0 Å². The monoisotopic (exact) mass is 194 g/mol. The van der Waals surface area contributed by atoms with Gasteiger partial charge in [0.05, 0.1) is 0 Å². The van der Waals surface area contributed by atoms with E-state index in [2.05, 4.69) is 18.9 Å². The van der Waals surface area contributed by atoms with Crippen molar-refractivity contribution in [1.29, 1.82) is 0 Å². The Bertz CT molecular complexity index is 314. The maximum Gasteiger partial charge on any atom is 0.497 e. The number of aryl methyl sites for hydroxylation is 1. The van der Waals surface area contributed by atoms with Crippen LogP contribution < -0.4 is 5.46 Å². The minimum absolute atomic E-state index is 0.124. The second-order valence-corrected chi connectivity index (χ2v) is 4.57. The highest BCUT2D eigenvalue weighted by Crippen LogP contribution is 2.21. The molecule has 1 aliphatic heterocycles. The fourth-order valence-electron chi connectivity index (χ4n) is 1.45. The van der Waals surface area contributed by atoms with Crippen molar-refractivity contribution < 1.29 is 9.31 Å². The molecule has 14 heavy (non-hydrogen) atoms. The van der Waals surface area contributed by atoms with Gasteiger partial charge in [0.15, 0.2) is 0 Å². The molecule has 1 saturated heterocycles. The number of hydrogen-bond acceptors (Lipinski definition) is 3. The Hall–Kier alpha value is -0.805. The Balaban J connectivity index is 2.02. The zero-order valence-corrected chi connectivity index (χ0v) is 8.86. The lowest BCUT2D eigenvalue weighted by molar-refractivity contribution is 0.0343. The van der Waals surface area contributed by atoms with E-state index in [9.17, 15) is 0 Å². The maximum absolute atomic E-state index is 5.62. The predicted octanol–water partition coefficient (Wildman–Crippen LogP) is 0.188. The van der Waals surface area contributed by atoms with Gasteiger partial charge in [-0.15, -0.1) is 0 Å². The zero-order chi connectivity index (χ0) is 10.2. The average molecular weight is 194 g/mol. The van der Waals surface area contributed by atoms with Crippen LogP contribution in [0, 0.1) is 5.41 Å². The molecule has 0 radical (unpaired) electrons. The van der Waals surface area contributed by atoms with Crippen molar-refractivity contribution in [3.8, 4) is 0 Å². The van der Waals surface area contributed by atoms with Crippen molar-refractivity contribution in [1.82, 2.24) is 9.78 Å². The Morgan fingerprint density at radius 2 is 2.07 bits per heavy atom. The van der Waals surface area contributed by atoms with Gasteiger partial charge in [0.2, 0.25) is 0 Å². The summed E-state index contributed by atoms with van der Waals surface area (Å²) in [5.41, 5.74) is 1.11. The number of hydrogen-bond donors (Lipinski definition) is 0. The molecule has 0 bridgehead atoms. The first-order chi connectivity index (χ1) is 6.57. The minimum Gasteiger partial charge on any atom is -0.407 e. The molecule has 0 aliphatic carbocycles. The summed E-state index contributed by atoms with van der Waals surface area (Å²) in [6, 6.07) is 0. The molecule has 4 nitrogen and oxygen atoms in total. The molecular weight excluding hydrogens is 179 g/mol. The fourth-order valence-corrected chi connectivity index (χ4v) is 1.45. The normalized spacial score (nSPS) is 21.2. The standard InChI is InChI=1S/C9H15BN2O2/c1-9(2)6-13-10(14-7-9)8-4-11-12(3)5-8/h4-5H,6-7H2,1-3H3. The van der Waals surface area contributed by atoms with Gasteiger partial charge in [-0.1, -0.05) is 13.8 Å². The van der Waals surface area contributed by atoms with Crippen molar-refractivity contribution >= 4 is 12.6 Å². The molecule has 2 rings (SSSR count). The summed E-state index contributed by atoms with van der Waals surface area (Å²) in [6.07, 6.45) is 3.70. The first kappa shape index (κ1) is 9.74. The lowest BCUT2D eigenvalue weighted by atomic mass is 9.78. The lowest BCUT2D eigenvalue weighted by Gasteiger charge is -2.32. The van der Waals surface area contributed by atoms with Gasteiger partial charge < -0.3 is 9.31 Å². The molecule has 0 aromatic carbocycles. The van der Waals surface area contributed by atoms with Crippen LogP contribution >= 0.6 is 0 Å². The van der Waals surface area contributed by atoms with Crippen LogP contribution in [0.2, 0.25) is 0 Å². The van der Waals surface area contributed by atoms with Crippen molar-refractivity contribution in [2.75, 3.05) is 13.2 Å². The van der Waals surface area contributed by atoms with Crippen LogP contribution in [-0.2, 0) is 16.4 Å². The van der Waals surface area contributed by atoms with Gasteiger partial charge >= 0.3 is 7.12 Å².